The summed E-state index contributed by atoms with van der Waals surface area (Å²) in [6, 6.07) is 8.56. The fraction of sp³-hybridized carbons (Fsp3) is 0.632. The van der Waals surface area contributed by atoms with Crippen molar-refractivity contribution < 1.29 is 0 Å². The fourth-order valence-corrected chi connectivity index (χ4v) is 3.59. The second-order valence-corrected chi connectivity index (χ2v) is 6.67. The molecule has 2 aromatic rings. The number of aryl methyl sites for hydroxylation is 1. The number of unbranched alkanes of at least 4 members (excludes halogenated alkanes) is 2. The van der Waals surface area contributed by atoms with E-state index in [1.54, 1.807) is 0 Å². The van der Waals surface area contributed by atoms with Gasteiger partial charge in [0.15, 0.2) is 0 Å². The molecule has 0 radical (unpaired) electrons. The van der Waals surface area contributed by atoms with Crippen LogP contribution in [0, 0.1) is 0 Å². The highest BCUT2D eigenvalue weighted by Crippen LogP contribution is 2.18. The van der Waals surface area contributed by atoms with Crippen molar-refractivity contribution in [3.05, 3.63) is 30.1 Å². The van der Waals surface area contributed by atoms with Gasteiger partial charge < -0.3 is 15.2 Å². The molecule has 2 N–H and O–H groups in total. The predicted octanol–water partition coefficient (Wildman–Crippen LogP) is 3.19. The summed E-state index contributed by atoms with van der Waals surface area (Å²) in [5.41, 5.74) is 8.03. The van der Waals surface area contributed by atoms with Gasteiger partial charge in [0.05, 0.1) is 11.0 Å². The van der Waals surface area contributed by atoms with Crippen molar-refractivity contribution in [3.8, 4) is 0 Å². The van der Waals surface area contributed by atoms with E-state index in [4.69, 9.17) is 10.7 Å². The van der Waals surface area contributed by atoms with Gasteiger partial charge in [-0.15, -0.1) is 0 Å². The highest BCUT2D eigenvalue weighted by atomic mass is 15.2. The van der Waals surface area contributed by atoms with Crippen molar-refractivity contribution in [1.29, 1.82) is 0 Å². The maximum absolute atomic E-state index is 5.60. The molecule has 0 bridgehead atoms. The summed E-state index contributed by atoms with van der Waals surface area (Å²) in [4.78, 5) is 7.49. The Morgan fingerprint density at radius 3 is 2.61 bits per heavy atom. The second-order valence-electron chi connectivity index (χ2n) is 6.67. The molecule has 0 aliphatic carbocycles. The van der Waals surface area contributed by atoms with Gasteiger partial charge in [0, 0.05) is 19.5 Å². The molecule has 0 unspecified atom stereocenters. The van der Waals surface area contributed by atoms with Crippen LogP contribution in [0.25, 0.3) is 11.0 Å². The third-order valence-corrected chi connectivity index (χ3v) is 4.93. The number of fused-ring (bicyclic) bond motifs is 1. The second kappa shape index (κ2) is 8.46. The zero-order valence-corrected chi connectivity index (χ0v) is 14.2. The van der Waals surface area contributed by atoms with Crippen LogP contribution in [0.15, 0.2) is 24.3 Å². The van der Waals surface area contributed by atoms with Crippen LogP contribution in [0.4, 0.5) is 0 Å². The van der Waals surface area contributed by atoms with E-state index >= 15 is 0 Å². The molecule has 0 saturated carbocycles. The molecule has 4 nitrogen and oxygen atoms in total. The Bertz CT molecular complexity index is 598. The Morgan fingerprint density at radius 2 is 1.78 bits per heavy atom. The molecule has 0 amide bonds. The molecule has 1 aliphatic rings. The summed E-state index contributed by atoms with van der Waals surface area (Å²) in [6.45, 7) is 5.53. The van der Waals surface area contributed by atoms with Gasteiger partial charge in [0.1, 0.15) is 5.82 Å². The first-order valence-electron chi connectivity index (χ1n) is 9.25. The van der Waals surface area contributed by atoms with E-state index in [1.807, 2.05) is 0 Å². The minimum absolute atomic E-state index is 0.797. The van der Waals surface area contributed by atoms with Gasteiger partial charge >= 0.3 is 0 Å². The van der Waals surface area contributed by atoms with Crippen molar-refractivity contribution in [2.75, 3.05) is 26.2 Å². The summed E-state index contributed by atoms with van der Waals surface area (Å²) >= 11 is 0. The molecular formula is C19H30N4. The summed E-state index contributed by atoms with van der Waals surface area (Å²) in [5, 5.41) is 0. The predicted molar refractivity (Wildman–Crippen MR) is 96.6 cm³/mol. The molecule has 1 fully saturated rings. The van der Waals surface area contributed by atoms with Gasteiger partial charge in [-0.25, -0.2) is 4.98 Å². The smallest absolute Gasteiger partial charge is 0.109 e. The van der Waals surface area contributed by atoms with Crippen molar-refractivity contribution >= 4 is 11.0 Å². The molecule has 3 rings (SSSR count). The number of hydrogen-bond acceptors (Lipinski definition) is 3. The van der Waals surface area contributed by atoms with Crippen LogP contribution in [-0.2, 0) is 13.0 Å². The molecule has 0 atom stereocenters. The first-order valence-corrected chi connectivity index (χ1v) is 9.25. The molecule has 126 valence electrons. The molecule has 1 saturated heterocycles. The highest BCUT2D eigenvalue weighted by Gasteiger charge is 2.13. The highest BCUT2D eigenvalue weighted by molar-refractivity contribution is 5.75. The quantitative estimate of drug-likeness (QED) is 0.761. The summed E-state index contributed by atoms with van der Waals surface area (Å²) < 4.78 is 2.45. The number of hydrogen-bond donors (Lipinski definition) is 1. The third kappa shape index (κ3) is 4.33. The van der Waals surface area contributed by atoms with Gasteiger partial charge in [0.25, 0.3) is 0 Å². The molecule has 1 aromatic heterocycles. The number of para-hydroxylation sites is 2. The number of likely N-dealkylation sites (tertiary alicyclic amines) is 1. The van der Waals surface area contributed by atoms with E-state index in [2.05, 4.69) is 33.7 Å². The van der Waals surface area contributed by atoms with Crippen LogP contribution in [0.3, 0.4) is 0 Å². The minimum Gasteiger partial charge on any atom is -0.330 e. The van der Waals surface area contributed by atoms with Crippen LogP contribution in [0.5, 0.6) is 0 Å². The normalized spacial score (nSPS) is 16.2. The van der Waals surface area contributed by atoms with E-state index in [9.17, 15) is 0 Å². The standard InChI is InChI=1S/C19H30N4/c20-12-6-1-3-11-19-21-17-9-4-5-10-18(17)23(19)16-15-22-13-7-2-8-14-22/h4-5,9-10H,1-3,6-8,11-16,20H2. The van der Waals surface area contributed by atoms with Gasteiger partial charge in [-0.1, -0.05) is 25.0 Å². The van der Waals surface area contributed by atoms with Crippen LogP contribution < -0.4 is 5.73 Å². The van der Waals surface area contributed by atoms with E-state index in [1.165, 1.54) is 56.5 Å². The Balaban J connectivity index is 1.69. The van der Waals surface area contributed by atoms with E-state index < -0.39 is 0 Å². The first-order chi connectivity index (χ1) is 11.4. The van der Waals surface area contributed by atoms with Crippen molar-refractivity contribution in [2.45, 2.75) is 51.5 Å². The van der Waals surface area contributed by atoms with Crippen LogP contribution in [0.2, 0.25) is 0 Å². The lowest BCUT2D eigenvalue weighted by atomic mass is 10.1. The van der Waals surface area contributed by atoms with E-state index in [-0.39, 0.29) is 0 Å². The lowest BCUT2D eigenvalue weighted by Gasteiger charge is -2.26. The van der Waals surface area contributed by atoms with E-state index in [0.717, 1.165) is 38.0 Å². The topological polar surface area (TPSA) is 47.1 Å². The number of nitrogens with two attached hydrogens (primary N) is 1. The number of imidazole rings is 1. The maximum atomic E-state index is 5.60. The number of rotatable bonds is 8. The summed E-state index contributed by atoms with van der Waals surface area (Å²) in [7, 11) is 0. The van der Waals surface area contributed by atoms with Crippen molar-refractivity contribution in [1.82, 2.24) is 14.5 Å². The molecule has 1 aliphatic heterocycles. The molecular weight excluding hydrogens is 284 g/mol. The number of piperidine rings is 1. The minimum atomic E-state index is 0.797. The Labute approximate surface area is 139 Å². The molecule has 1 aromatic carbocycles. The average molecular weight is 314 g/mol. The average Bonchev–Trinajstić information content (AvgIpc) is 2.95. The van der Waals surface area contributed by atoms with Gasteiger partial charge in [-0.3, -0.25) is 0 Å². The Morgan fingerprint density at radius 1 is 0.957 bits per heavy atom. The lowest BCUT2D eigenvalue weighted by molar-refractivity contribution is 0.221. The Kier molecular flexibility index (Phi) is 6.06. The van der Waals surface area contributed by atoms with Gasteiger partial charge in [-0.05, 0) is 57.5 Å². The molecule has 0 spiro atoms. The maximum Gasteiger partial charge on any atom is 0.109 e. The summed E-state index contributed by atoms with van der Waals surface area (Å²) in [5.74, 6) is 1.25. The lowest BCUT2D eigenvalue weighted by Crippen LogP contribution is -2.32. The van der Waals surface area contributed by atoms with Crippen LogP contribution >= 0.6 is 0 Å². The largest absolute Gasteiger partial charge is 0.330 e. The fourth-order valence-electron chi connectivity index (χ4n) is 3.59. The first kappa shape index (κ1) is 16.5. The molecule has 23 heavy (non-hydrogen) atoms. The van der Waals surface area contributed by atoms with Crippen LogP contribution in [0.1, 0.15) is 44.3 Å². The monoisotopic (exact) mass is 314 g/mol. The van der Waals surface area contributed by atoms with Crippen molar-refractivity contribution in [2.24, 2.45) is 5.73 Å². The van der Waals surface area contributed by atoms with E-state index in [0.29, 0.717) is 0 Å². The molecule has 2 heterocycles. The third-order valence-electron chi connectivity index (χ3n) is 4.93. The zero-order chi connectivity index (χ0) is 15.9. The van der Waals surface area contributed by atoms with Gasteiger partial charge in [0.2, 0.25) is 0 Å². The Hall–Kier alpha value is -1.39. The number of nitrogens with zero attached hydrogens (tertiary/aromatic N) is 3. The van der Waals surface area contributed by atoms with Crippen LogP contribution in [-0.4, -0.2) is 40.6 Å². The van der Waals surface area contributed by atoms with Crippen molar-refractivity contribution in [3.63, 3.8) is 0 Å². The SMILES string of the molecule is NCCCCCc1nc2ccccc2n1CCN1CCCCC1. The summed E-state index contributed by atoms with van der Waals surface area (Å²) in [6.07, 6.45) is 8.68. The number of benzene rings is 1. The molecule has 4 heteroatoms. The number of aromatic nitrogens is 2. The zero-order valence-electron chi connectivity index (χ0n) is 14.2. The van der Waals surface area contributed by atoms with Gasteiger partial charge in [-0.2, -0.15) is 0 Å².